The van der Waals surface area contributed by atoms with Gasteiger partial charge in [0.25, 0.3) is 0 Å². The lowest BCUT2D eigenvalue weighted by Gasteiger charge is -2.33. The van der Waals surface area contributed by atoms with Crippen molar-refractivity contribution in [2.24, 2.45) is 5.92 Å². The molecule has 1 amide bonds. The SMILES string of the molecule is CN1CC(C(=O)NCCOc2cncc(Cl)c2)CCC1C(=O)O. The summed E-state index contributed by atoms with van der Waals surface area (Å²) in [5.74, 6) is -0.555. The van der Waals surface area contributed by atoms with E-state index in [1.807, 2.05) is 0 Å². The van der Waals surface area contributed by atoms with Crippen LogP contribution in [0.5, 0.6) is 5.75 Å². The number of aliphatic carboxylic acids is 1. The second kappa shape index (κ2) is 8.12. The third-order valence-electron chi connectivity index (χ3n) is 3.83. The molecule has 1 saturated heterocycles. The fourth-order valence-corrected chi connectivity index (χ4v) is 2.79. The molecule has 23 heavy (non-hydrogen) atoms. The monoisotopic (exact) mass is 341 g/mol. The van der Waals surface area contributed by atoms with Crippen LogP contribution < -0.4 is 10.1 Å². The van der Waals surface area contributed by atoms with Crippen LogP contribution >= 0.6 is 11.6 Å². The number of likely N-dealkylation sites (N-methyl/N-ethyl adjacent to an activating group) is 1. The molecule has 7 nitrogen and oxygen atoms in total. The molecular formula is C15H20ClN3O4. The first-order valence-corrected chi connectivity index (χ1v) is 7.79. The molecule has 0 saturated carbocycles. The van der Waals surface area contributed by atoms with Crippen LogP contribution in [0.4, 0.5) is 0 Å². The molecule has 0 radical (unpaired) electrons. The fraction of sp³-hybridized carbons (Fsp3) is 0.533. The molecule has 0 bridgehead atoms. The predicted molar refractivity (Wildman–Crippen MR) is 84.5 cm³/mol. The number of ether oxygens (including phenoxy) is 1. The first-order chi connectivity index (χ1) is 11.0. The molecule has 2 unspecified atom stereocenters. The number of hydrogen-bond donors (Lipinski definition) is 2. The molecule has 2 N–H and O–H groups in total. The molecule has 126 valence electrons. The lowest BCUT2D eigenvalue weighted by Crippen LogP contribution is -2.49. The first kappa shape index (κ1) is 17.5. The maximum absolute atomic E-state index is 12.1. The van der Waals surface area contributed by atoms with Gasteiger partial charge in [-0.05, 0) is 19.9 Å². The van der Waals surface area contributed by atoms with E-state index >= 15 is 0 Å². The van der Waals surface area contributed by atoms with Gasteiger partial charge in [0.1, 0.15) is 18.4 Å². The van der Waals surface area contributed by atoms with Gasteiger partial charge in [-0.1, -0.05) is 11.6 Å². The molecule has 1 fully saturated rings. The van der Waals surface area contributed by atoms with Crippen molar-refractivity contribution in [1.82, 2.24) is 15.2 Å². The number of pyridine rings is 1. The van der Waals surface area contributed by atoms with Gasteiger partial charge in [0.2, 0.25) is 5.91 Å². The molecule has 0 aliphatic carbocycles. The van der Waals surface area contributed by atoms with Crippen molar-refractivity contribution in [3.05, 3.63) is 23.5 Å². The normalized spacial score (nSPS) is 21.7. The number of carbonyl (C=O) groups excluding carboxylic acids is 1. The van der Waals surface area contributed by atoms with Crippen LogP contribution in [0.1, 0.15) is 12.8 Å². The minimum atomic E-state index is -0.838. The average Bonchev–Trinajstić information content (AvgIpc) is 2.51. The maximum Gasteiger partial charge on any atom is 0.320 e. The number of nitrogens with zero attached hydrogens (tertiary/aromatic N) is 2. The molecule has 1 aliphatic rings. The molecule has 0 aromatic carbocycles. The highest BCUT2D eigenvalue weighted by atomic mass is 35.5. The van der Waals surface area contributed by atoms with Crippen LogP contribution in [0.15, 0.2) is 18.5 Å². The largest absolute Gasteiger partial charge is 0.490 e. The van der Waals surface area contributed by atoms with Crippen LogP contribution in [0.3, 0.4) is 0 Å². The quantitative estimate of drug-likeness (QED) is 0.751. The van der Waals surface area contributed by atoms with E-state index in [0.29, 0.717) is 43.3 Å². The van der Waals surface area contributed by atoms with Crippen molar-refractivity contribution >= 4 is 23.5 Å². The summed E-state index contributed by atoms with van der Waals surface area (Å²) in [4.78, 5) is 28.8. The van der Waals surface area contributed by atoms with Crippen molar-refractivity contribution < 1.29 is 19.4 Å². The van der Waals surface area contributed by atoms with Crippen LogP contribution in [0, 0.1) is 5.92 Å². The Morgan fingerprint density at radius 2 is 2.26 bits per heavy atom. The number of carbonyl (C=O) groups is 2. The zero-order chi connectivity index (χ0) is 16.8. The summed E-state index contributed by atoms with van der Waals surface area (Å²) in [6, 6.07) is 1.15. The van der Waals surface area contributed by atoms with E-state index in [2.05, 4.69) is 10.3 Å². The number of halogens is 1. The number of rotatable bonds is 6. The maximum atomic E-state index is 12.1. The topological polar surface area (TPSA) is 91.8 Å². The summed E-state index contributed by atoms with van der Waals surface area (Å²) in [7, 11) is 1.73. The van der Waals surface area contributed by atoms with Gasteiger partial charge in [-0.25, -0.2) is 0 Å². The Balaban J connectivity index is 1.70. The number of amides is 1. The zero-order valence-corrected chi connectivity index (χ0v) is 13.6. The van der Waals surface area contributed by atoms with Crippen molar-refractivity contribution in [2.45, 2.75) is 18.9 Å². The van der Waals surface area contributed by atoms with Gasteiger partial charge in [-0.3, -0.25) is 19.5 Å². The lowest BCUT2D eigenvalue weighted by atomic mass is 9.92. The van der Waals surface area contributed by atoms with Crippen molar-refractivity contribution in [3.8, 4) is 5.75 Å². The Morgan fingerprint density at radius 1 is 1.48 bits per heavy atom. The molecule has 1 aromatic rings. The summed E-state index contributed by atoms with van der Waals surface area (Å²) in [6.45, 7) is 1.13. The number of hydrogen-bond acceptors (Lipinski definition) is 5. The number of piperidine rings is 1. The average molecular weight is 342 g/mol. The van der Waals surface area contributed by atoms with Gasteiger partial charge >= 0.3 is 5.97 Å². The Labute approximate surface area is 139 Å². The van der Waals surface area contributed by atoms with Gasteiger partial charge in [0, 0.05) is 18.8 Å². The summed E-state index contributed by atoms with van der Waals surface area (Å²) in [5, 5.41) is 12.4. The second-order valence-corrected chi connectivity index (χ2v) is 5.98. The number of likely N-dealkylation sites (tertiary alicyclic amines) is 1. The number of aromatic nitrogens is 1. The van der Waals surface area contributed by atoms with E-state index in [1.54, 1.807) is 24.2 Å². The highest BCUT2D eigenvalue weighted by molar-refractivity contribution is 6.30. The Bertz CT molecular complexity index is 569. The molecule has 1 aromatic heterocycles. The van der Waals surface area contributed by atoms with Crippen molar-refractivity contribution in [3.63, 3.8) is 0 Å². The van der Waals surface area contributed by atoms with E-state index < -0.39 is 12.0 Å². The Hall–Kier alpha value is -1.86. The van der Waals surface area contributed by atoms with Gasteiger partial charge in [0.05, 0.1) is 23.7 Å². The smallest absolute Gasteiger partial charge is 0.320 e. The van der Waals surface area contributed by atoms with Gasteiger partial charge in [0.15, 0.2) is 0 Å². The van der Waals surface area contributed by atoms with Crippen molar-refractivity contribution in [2.75, 3.05) is 26.7 Å². The van der Waals surface area contributed by atoms with Crippen LogP contribution in [0.2, 0.25) is 5.02 Å². The Kier molecular flexibility index (Phi) is 6.18. The highest BCUT2D eigenvalue weighted by Crippen LogP contribution is 2.21. The number of carboxylic acids is 1. The zero-order valence-electron chi connectivity index (χ0n) is 12.9. The van der Waals surface area contributed by atoms with E-state index in [4.69, 9.17) is 21.4 Å². The lowest BCUT2D eigenvalue weighted by molar-refractivity contribution is -0.146. The number of nitrogens with one attached hydrogen (secondary N) is 1. The second-order valence-electron chi connectivity index (χ2n) is 5.55. The molecule has 0 spiro atoms. The molecule has 2 atom stereocenters. The molecule has 2 rings (SSSR count). The summed E-state index contributed by atoms with van der Waals surface area (Å²) in [5.41, 5.74) is 0. The molecule has 8 heteroatoms. The van der Waals surface area contributed by atoms with E-state index in [-0.39, 0.29) is 11.8 Å². The number of carboxylic acid groups (broad SMARTS) is 1. The highest BCUT2D eigenvalue weighted by Gasteiger charge is 2.33. The third kappa shape index (κ3) is 5.07. The Morgan fingerprint density at radius 3 is 2.91 bits per heavy atom. The minimum Gasteiger partial charge on any atom is -0.490 e. The van der Waals surface area contributed by atoms with Crippen molar-refractivity contribution in [1.29, 1.82) is 0 Å². The standard InChI is InChI=1S/C15H20ClN3O4/c1-19-9-10(2-3-13(19)15(21)22)14(20)18-4-5-23-12-6-11(16)7-17-8-12/h6-8,10,13H,2-5,9H2,1H3,(H,18,20)(H,21,22). The summed E-state index contributed by atoms with van der Waals surface area (Å²) >= 11 is 5.80. The molecule has 2 heterocycles. The molecule has 1 aliphatic heterocycles. The van der Waals surface area contributed by atoms with Crippen LogP contribution in [-0.2, 0) is 9.59 Å². The minimum absolute atomic E-state index is 0.0755. The van der Waals surface area contributed by atoms with E-state index in [1.165, 1.54) is 6.20 Å². The van der Waals surface area contributed by atoms with E-state index in [9.17, 15) is 9.59 Å². The third-order valence-corrected chi connectivity index (χ3v) is 4.04. The van der Waals surface area contributed by atoms with Gasteiger partial charge in [-0.15, -0.1) is 0 Å². The summed E-state index contributed by atoms with van der Waals surface area (Å²) in [6.07, 6.45) is 4.12. The van der Waals surface area contributed by atoms with Gasteiger partial charge in [-0.2, -0.15) is 0 Å². The van der Waals surface area contributed by atoms with Crippen LogP contribution in [-0.4, -0.2) is 59.7 Å². The van der Waals surface area contributed by atoms with Gasteiger partial charge < -0.3 is 15.2 Å². The van der Waals surface area contributed by atoms with Crippen LogP contribution in [0.25, 0.3) is 0 Å². The summed E-state index contributed by atoms with van der Waals surface area (Å²) < 4.78 is 5.44. The molecular weight excluding hydrogens is 322 g/mol. The van der Waals surface area contributed by atoms with E-state index in [0.717, 1.165) is 0 Å². The fourth-order valence-electron chi connectivity index (χ4n) is 2.63. The predicted octanol–water partition coefficient (Wildman–Crippen LogP) is 1.02. The first-order valence-electron chi connectivity index (χ1n) is 7.41.